The molecule has 0 spiro atoms. The van der Waals surface area contributed by atoms with Crippen LogP contribution in [0, 0.1) is 13.8 Å². The molecular weight excluding hydrogens is 398 g/mol. The summed E-state index contributed by atoms with van der Waals surface area (Å²) in [5.41, 5.74) is 2.43. The number of carbonyl (C=O) groups excluding carboxylic acids is 1. The number of aryl methyl sites for hydroxylation is 2. The minimum atomic E-state index is -4.01. The van der Waals surface area contributed by atoms with Crippen LogP contribution >= 0.6 is 0 Å². The van der Waals surface area contributed by atoms with E-state index in [1.807, 2.05) is 32.0 Å². The summed E-state index contributed by atoms with van der Waals surface area (Å²) in [6, 6.07) is 22.4. The fourth-order valence-electron chi connectivity index (χ4n) is 3.05. The monoisotopic (exact) mass is 423 g/mol. The number of para-hydroxylation sites is 1. The van der Waals surface area contributed by atoms with Crippen molar-refractivity contribution in [3.63, 3.8) is 0 Å². The fraction of sp³-hybridized carbons (Fsp3) is 0.208. The predicted molar refractivity (Wildman–Crippen MR) is 118 cm³/mol. The van der Waals surface area contributed by atoms with Gasteiger partial charge in [-0.1, -0.05) is 48.5 Å². The number of hydrogen-bond acceptors (Lipinski definition) is 4. The lowest BCUT2D eigenvalue weighted by Gasteiger charge is -2.22. The molecule has 0 heterocycles. The SMILES string of the molecule is Cc1ccc(C)c(OCCCC(=O)N(c2ccccc2)S(=O)(=O)c2ccccc2)c1. The van der Waals surface area contributed by atoms with Gasteiger partial charge in [0.05, 0.1) is 17.2 Å². The van der Waals surface area contributed by atoms with Gasteiger partial charge in [0, 0.05) is 6.42 Å². The fourth-order valence-corrected chi connectivity index (χ4v) is 4.52. The minimum Gasteiger partial charge on any atom is -0.493 e. The van der Waals surface area contributed by atoms with Gasteiger partial charge in [0.2, 0.25) is 5.91 Å². The summed E-state index contributed by atoms with van der Waals surface area (Å²) in [5.74, 6) is 0.286. The van der Waals surface area contributed by atoms with Gasteiger partial charge < -0.3 is 4.74 Å². The summed E-state index contributed by atoms with van der Waals surface area (Å²) in [6.45, 7) is 4.27. The van der Waals surface area contributed by atoms with Crippen LogP contribution in [-0.2, 0) is 14.8 Å². The number of anilines is 1. The first-order valence-corrected chi connectivity index (χ1v) is 11.2. The summed E-state index contributed by atoms with van der Waals surface area (Å²) in [5, 5.41) is 0. The van der Waals surface area contributed by atoms with E-state index in [1.54, 1.807) is 48.5 Å². The second kappa shape index (κ2) is 9.59. The molecule has 0 saturated carbocycles. The van der Waals surface area contributed by atoms with Gasteiger partial charge in [-0.3, -0.25) is 4.79 Å². The highest BCUT2D eigenvalue weighted by Crippen LogP contribution is 2.25. The molecule has 6 heteroatoms. The zero-order chi connectivity index (χ0) is 21.6. The Morgan fingerprint density at radius 3 is 2.20 bits per heavy atom. The lowest BCUT2D eigenvalue weighted by Crippen LogP contribution is -2.37. The van der Waals surface area contributed by atoms with Crippen LogP contribution in [0.5, 0.6) is 5.75 Å². The van der Waals surface area contributed by atoms with E-state index in [-0.39, 0.29) is 11.3 Å². The Bertz CT molecular complexity index is 1100. The van der Waals surface area contributed by atoms with Crippen molar-refractivity contribution in [2.24, 2.45) is 0 Å². The van der Waals surface area contributed by atoms with Gasteiger partial charge in [0.15, 0.2) is 0 Å². The van der Waals surface area contributed by atoms with E-state index in [4.69, 9.17) is 4.74 Å². The average Bonchev–Trinajstić information content (AvgIpc) is 2.75. The minimum absolute atomic E-state index is 0.0474. The van der Waals surface area contributed by atoms with E-state index < -0.39 is 15.9 Å². The van der Waals surface area contributed by atoms with Crippen molar-refractivity contribution in [2.45, 2.75) is 31.6 Å². The number of ether oxygens (including phenoxy) is 1. The second-order valence-corrected chi connectivity index (χ2v) is 8.82. The number of nitrogens with zero attached hydrogens (tertiary/aromatic N) is 1. The van der Waals surface area contributed by atoms with E-state index in [0.717, 1.165) is 21.2 Å². The smallest absolute Gasteiger partial charge is 0.270 e. The zero-order valence-corrected chi connectivity index (χ0v) is 17.9. The molecule has 0 radical (unpaired) electrons. The maximum atomic E-state index is 13.2. The lowest BCUT2D eigenvalue weighted by molar-refractivity contribution is -0.117. The number of amides is 1. The normalized spacial score (nSPS) is 11.1. The van der Waals surface area contributed by atoms with E-state index in [1.165, 1.54) is 12.1 Å². The molecule has 0 bridgehead atoms. The highest BCUT2D eigenvalue weighted by molar-refractivity contribution is 7.93. The predicted octanol–water partition coefficient (Wildman–Crippen LogP) is 4.88. The molecule has 3 aromatic carbocycles. The zero-order valence-electron chi connectivity index (χ0n) is 17.1. The van der Waals surface area contributed by atoms with Crippen molar-refractivity contribution in [3.05, 3.63) is 90.0 Å². The molecule has 0 atom stereocenters. The molecule has 0 unspecified atom stereocenters. The third-order valence-electron chi connectivity index (χ3n) is 4.63. The first-order chi connectivity index (χ1) is 14.4. The molecular formula is C24H25NO4S. The molecule has 0 saturated heterocycles. The summed E-state index contributed by atoms with van der Waals surface area (Å²) in [7, 11) is -4.01. The van der Waals surface area contributed by atoms with Gasteiger partial charge in [0.1, 0.15) is 5.75 Å². The molecule has 0 aromatic heterocycles. The average molecular weight is 424 g/mol. The van der Waals surface area contributed by atoms with Gasteiger partial charge in [-0.15, -0.1) is 0 Å². The van der Waals surface area contributed by atoms with Gasteiger partial charge in [0.25, 0.3) is 10.0 Å². The van der Waals surface area contributed by atoms with Crippen LogP contribution in [-0.4, -0.2) is 20.9 Å². The van der Waals surface area contributed by atoms with Crippen LogP contribution in [0.25, 0.3) is 0 Å². The summed E-state index contributed by atoms with van der Waals surface area (Å²) in [4.78, 5) is 13.1. The van der Waals surface area contributed by atoms with Crippen LogP contribution in [0.4, 0.5) is 5.69 Å². The standard InChI is InChI=1S/C24H25NO4S/c1-19-15-16-20(2)23(18-19)29-17-9-14-24(26)25(21-10-5-3-6-11-21)30(27,28)22-12-7-4-8-13-22/h3-8,10-13,15-16,18H,9,14,17H2,1-2H3. The van der Waals surface area contributed by atoms with E-state index >= 15 is 0 Å². The third kappa shape index (κ3) is 5.07. The van der Waals surface area contributed by atoms with Crippen molar-refractivity contribution < 1.29 is 17.9 Å². The Morgan fingerprint density at radius 2 is 1.53 bits per heavy atom. The van der Waals surface area contributed by atoms with Crippen molar-refractivity contribution in [3.8, 4) is 5.75 Å². The quantitative estimate of drug-likeness (QED) is 0.484. The highest BCUT2D eigenvalue weighted by Gasteiger charge is 2.30. The second-order valence-electron chi connectivity index (χ2n) is 7.03. The van der Waals surface area contributed by atoms with E-state index in [2.05, 4.69) is 0 Å². The van der Waals surface area contributed by atoms with Crippen LogP contribution in [0.3, 0.4) is 0 Å². The lowest BCUT2D eigenvalue weighted by atomic mass is 10.1. The van der Waals surface area contributed by atoms with Gasteiger partial charge in [-0.25, -0.2) is 12.7 Å². The Kier molecular flexibility index (Phi) is 6.90. The molecule has 1 amide bonds. The highest BCUT2D eigenvalue weighted by atomic mass is 32.2. The Morgan fingerprint density at radius 1 is 0.900 bits per heavy atom. The molecule has 3 aromatic rings. The molecule has 0 N–H and O–H groups in total. The molecule has 0 fully saturated rings. The number of carbonyl (C=O) groups is 1. The summed E-state index contributed by atoms with van der Waals surface area (Å²) < 4.78 is 33.1. The van der Waals surface area contributed by atoms with E-state index in [0.29, 0.717) is 18.7 Å². The van der Waals surface area contributed by atoms with Crippen LogP contribution in [0.1, 0.15) is 24.0 Å². The molecule has 0 aliphatic rings. The molecule has 30 heavy (non-hydrogen) atoms. The van der Waals surface area contributed by atoms with Crippen LogP contribution in [0.2, 0.25) is 0 Å². The number of sulfonamides is 1. The van der Waals surface area contributed by atoms with Crippen molar-refractivity contribution in [1.29, 1.82) is 0 Å². The van der Waals surface area contributed by atoms with Gasteiger partial charge >= 0.3 is 0 Å². The summed E-state index contributed by atoms with van der Waals surface area (Å²) in [6.07, 6.45) is 0.450. The van der Waals surface area contributed by atoms with Gasteiger partial charge in [-0.2, -0.15) is 0 Å². The summed E-state index contributed by atoms with van der Waals surface area (Å²) >= 11 is 0. The number of benzene rings is 3. The first kappa shape index (κ1) is 21.6. The molecule has 156 valence electrons. The largest absolute Gasteiger partial charge is 0.493 e. The maximum Gasteiger partial charge on any atom is 0.270 e. The topological polar surface area (TPSA) is 63.7 Å². The van der Waals surface area contributed by atoms with Crippen molar-refractivity contribution in [2.75, 3.05) is 10.9 Å². The Labute approximate surface area is 178 Å². The Balaban J connectivity index is 1.74. The Hall–Kier alpha value is -3.12. The van der Waals surface area contributed by atoms with Crippen molar-refractivity contribution in [1.82, 2.24) is 0 Å². The number of rotatable bonds is 8. The van der Waals surface area contributed by atoms with E-state index in [9.17, 15) is 13.2 Å². The van der Waals surface area contributed by atoms with Gasteiger partial charge in [-0.05, 0) is 61.7 Å². The van der Waals surface area contributed by atoms with Crippen LogP contribution < -0.4 is 9.04 Å². The molecule has 5 nitrogen and oxygen atoms in total. The number of hydrogen-bond donors (Lipinski definition) is 0. The van der Waals surface area contributed by atoms with Crippen molar-refractivity contribution >= 4 is 21.6 Å². The van der Waals surface area contributed by atoms with Crippen LogP contribution in [0.15, 0.2) is 83.8 Å². The maximum absolute atomic E-state index is 13.2. The third-order valence-corrected chi connectivity index (χ3v) is 6.40. The molecule has 0 aliphatic carbocycles. The molecule has 3 rings (SSSR count). The molecule has 0 aliphatic heterocycles. The first-order valence-electron chi connectivity index (χ1n) is 9.78.